The van der Waals surface area contributed by atoms with Crippen molar-refractivity contribution < 1.29 is 4.42 Å². The van der Waals surface area contributed by atoms with Gasteiger partial charge in [-0.2, -0.15) is 0 Å². The summed E-state index contributed by atoms with van der Waals surface area (Å²) in [5.74, 6) is 0.276. The lowest BCUT2D eigenvalue weighted by atomic mass is 9.85. The van der Waals surface area contributed by atoms with Crippen molar-refractivity contribution >= 4 is 65.7 Å². The SMILES string of the molecule is C1=CCC(c2cc3c4ccccc4n(-c4ccc5oc6cccnc6c5c4)c3cc2-c2ccc3c(c2)c2ccccc2n3-c2ccccc2)C=C1. The van der Waals surface area contributed by atoms with Gasteiger partial charge in [0.1, 0.15) is 11.1 Å². The molecule has 1 atom stereocenters. The molecule has 1 unspecified atom stereocenters. The smallest absolute Gasteiger partial charge is 0.153 e. The topological polar surface area (TPSA) is 35.9 Å². The number of aromatic nitrogens is 3. The van der Waals surface area contributed by atoms with E-state index < -0.39 is 0 Å². The lowest BCUT2D eigenvalue weighted by Crippen LogP contribution is -2.01. The van der Waals surface area contributed by atoms with Gasteiger partial charge >= 0.3 is 0 Å². The molecule has 4 heterocycles. The van der Waals surface area contributed by atoms with Crippen LogP contribution in [0.4, 0.5) is 0 Å². The second-order valence-corrected chi connectivity index (χ2v) is 13.5. The molecule has 6 aromatic carbocycles. The summed E-state index contributed by atoms with van der Waals surface area (Å²) < 4.78 is 11.0. The van der Waals surface area contributed by atoms with Gasteiger partial charge in [0.25, 0.3) is 0 Å². The molecule has 1 aliphatic rings. The van der Waals surface area contributed by atoms with Gasteiger partial charge in [0, 0.05) is 50.4 Å². The molecule has 51 heavy (non-hydrogen) atoms. The summed E-state index contributed by atoms with van der Waals surface area (Å²) in [5.41, 5.74) is 13.4. The van der Waals surface area contributed by atoms with Gasteiger partial charge in [-0.25, -0.2) is 0 Å². The van der Waals surface area contributed by atoms with Gasteiger partial charge in [-0.05, 0) is 102 Å². The summed E-state index contributed by atoms with van der Waals surface area (Å²) in [6, 6.07) is 50.5. The summed E-state index contributed by atoms with van der Waals surface area (Å²) in [6.07, 6.45) is 11.8. The maximum absolute atomic E-state index is 6.17. The molecule has 240 valence electrons. The second-order valence-electron chi connectivity index (χ2n) is 13.5. The first kappa shape index (κ1) is 28.2. The van der Waals surface area contributed by atoms with Crippen LogP contribution in [0.25, 0.3) is 88.2 Å². The van der Waals surface area contributed by atoms with Crippen LogP contribution in [0.3, 0.4) is 0 Å². The van der Waals surface area contributed by atoms with Gasteiger partial charge < -0.3 is 13.6 Å². The van der Waals surface area contributed by atoms with Crippen LogP contribution in [-0.2, 0) is 0 Å². The number of pyridine rings is 1. The summed E-state index contributed by atoms with van der Waals surface area (Å²) in [7, 11) is 0. The van der Waals surface area contributed by atoms with Crippen molar-refractivity contribution in [2.24, 2.45) is 0 Å². The second kappa shape index (κ2) is 10.9. The Morgan fingerprint density at radius 1 is 0.529 bits per heavy atom. The van der Waals surface area contributed by atoms with Crippen molar-refractivity contribution in [3.8, 4) is 22.5 Å². The van der Waals surface area contributed by atoms with E-state index in [9.17, 15) is 0 Å². The molecule has 4 aromatic heterocycles. The number of nitrogens with zero attached hydrogens (tertiary/aromatic N) is 3. The number of allylic oxidation sites excluding steroid dienone is 4. The number of rotatable bonds is 4. The normalized spacial score (nSPS) is 14.6. The van der Waals surface area contributed by atoms with Crippen LogP contribution < -0.4 is 0 Å². The number of benzene rings is 6. The van der Waals surface area contributed by atoms with Crippen LogP contribution in [0.2, 0.25) is 0 Å². The van der Waals surface area contributed by atoms with Crippen LogP contribution in [-0.4, -0.2) is 14.1 Å². The molecule has 4 nitrogen and oxygen atoms in total. The van der Waals surface area contributed by atoms with Gasteiger partial charge in [0.2, 0.25) is 0 Å². The van der Waals surface area contributed by atoms with Crippen molar-refractivity contribution in [1.29, 1.82) is 0 Å². The molecular weight excluding hydrogens is 623 g/mol. The van der Waals surface area contributed by atoms with Crippen LogP contribution in [0, 0.1) is 0 Å². The standard InChI is InChI=1S/C47H31N3O/c1-3-12-30(13-4-1)36-28-39-35-17-8-10-19-42(35)50(33-22-24-45-40(27-33)47-46(51-45)20-11-25-48-47)44(39)29-37(36)31-21-23-43-38(26-31)34-16-7-9-18-41(34)49(43)32-14-5-2-6-15-32/h1-12,14-30H,13H2. The number of furan rings is 1. The summed E-state index contributed by atoms with van der Waals surface area (Å²) >= 11 is 0. The zero-order valence-corrected chi connectivity index (χ0v) is 27.7. The third-order valence-electron chi connectivity index (χ3n) is 10.7. The molecule has 0 aliphatic heterocycles. The molecule has 0 fully saturated rings. The van der Waals surface area contributed by atoms with Gasteiger partial charge in [0.05, 0.1) is 22.1 Å². The first-order valence-corrected chi connectivity index (χ1v) is 17.6. The molecule has 1 aliphatic carbocycles. The van der Waals surface area contributed by atoms with Gasteiger partial charge in [0.15, 0.2) is 5.58 Å². The maximum Gasteiger partial charge on any atom is 0.153 e. The van der Waals surface area contributed by atoms with E-state index in [1.807, 2.05) is 18.3 Å². The summed E-state index contributed by atoms with van der Waals surface area (Å²) in [6.45, 7) is 0. The Morgan fingerprint density at radius 2 is 1.27 bits per heavy atom. The van der Waals surface area contributed by atoms with Gasteiger partial charge in [-0.15, -0.1) is 0 Å². The van der Waals surface area contributed by atoms with Crippen molar-refractivity contribution in [2.45, 2.75) is 12.3 Å². The zero-order valence-electron chi connectivity index (χ0n) is 27.7. The number of hydrogen-bond donors (Lipinski definition) is 0. The zero-order chi connectivity index (χ0) is 33.5. The molecule has 0 saturated heterocycles. The third-order valence-corrected chi connectivity index (χ3v) is 10.7. The lowest BCUT2D eigenvalue weighted by molar-refractivity contribution is 0.668. The molecule has 0 saturated carbocycles. The van der Waals surface area contributed by atoms with E-state index in [4.69, 9.17) is 4.42 Å². The Morgan fingerprint density at radius 3 is 2.08 bits per heavy atom. The largest absolute Gasteiger partial charge is 0.454 e. The average Bonchev–Trinajstić information content (AvgIpc) is 3.85. The molecule has 0 spiro atoms. The third kappa shape index (κ3) is 4.23. The molecule has 10 aromatic rings. The monoisotopic (exact) mass is 653 g/mol. The highest BCUT2D eigenvalue weighted by Crippen LogP contribution is 2.43. The van der Waals surface area contributed by atoms with Crippen LogP contribution in [0.1, 0.15) is 17.9 Å². The molecule has 0 radical (unpaired) electrons. The van der Waals surface area contributed by atoms with Crippen LogP contribution in [0.5, 0.6) is 0 Å². The van der Waals surface area contributed by atoms with E-state index >= 15 is 0 Å². The minimum atomic E-state index is 0.276. The Balaban J connectivity index is 1.20. The molecule has 11 rings (SSSR count). The maximum atomic E-state index is 6.17. The first-order valence-electron chi connectivity index (χ1n) is 17.6. The molecule has 4 heteroatoms. The predicted molar refractivity (Wildman–Crippen MR) is 211 cm³/mol. The molecule has 0 bridgehead atoms. The van der Waals surface area contributed by atoms with Crippen molar-refractivity contribution in [1.82, 2.24) is 14.1 Å². The van der Waals surface area contributed by atoms with E-state index in [-0.39, 0.29) is 5.92 Å². The quantitative estimate of drug-likeness (QED) is 0.189. The van der Waals surface area contributed by atoms with E-state index in [0.717, 1.165) is 34.2 Å². The Labute approximate surface area is 293 Å². The summed E-state index contributed by atoms with van der Waals surface area (Å²) in [5, 5.41) is 6.02. The Kier molecular flexibility index (Phi) is 6.05. The average molecular weight is 654 g/mol. The van der Waals surface area contributed by atoms with E-state index in [1.165, 1.54) is 66.0 Å². The molecular formula is C47H31N3O. The first-order chi connectivity index (χ1) is 25.3. The minimum Gasteiger partial charge on any atom is -0.454 e. The number of para-hydroxylation sites is 3. The van der Waals surface area contributed by atoms with Crippen molar-refractivity contribution in [2.75, 3.05) is 0 Å². The van der Waals surface area contributed by atoms with Gasteiger partial charge in [-0.1, -0.05) is 85.0 Å². The molecule has 0 amide bonds. The highest BCUT2D eigenvalue weighted by atomic mass is 16.3. The highest BCUT2D eigenvalue weighted by molar-refractivity contribution is 6.13. The fourth-order valence-corrected chi connectivity index (χ4v) is 8.40. The summed E-state index contributed by atoms with van der Waals surface area (Å²) in [4.78, 5) is 4.68. The van der Waals surface area contributed by atoms with Gasteiger partial charge in [-0.3, -0.25) is 4.98 Å². The Bertz CT molecular complexity index is 3060. The predicted octanol–water partition coefficient (Wildman–Crippen LogP) is 12.4. The lowest BCUT2D eigenvalue weighted by Gasteiger charge is -2.20. The highest BCUT2D eigenvalue weighted by Gasteiger charge is 2.22. The van der Waals surface area contributed by atoms with E-state index in [1.54, 1.807) is 0 Å². The molecule has 0 N–H and O–H groups in total. The van der Waals surface area contributed by atoms with Crippen LogP contribution >= 0.6 is 0 Å². The fraction of sp³-hybridized carbons (Fsp3) is 0.0426. The van der Waals surface area contributed by atoms with Crippen molar-refractivity contribution in [3.63, 3.8) is 0 Å². The minimum absolute atomic E-state index is 0.276. The fourth-order valence-electron chi connectivity index (χ4n) is 8.40. The van der Waals surface area contributed by atoms with Crippen LogP contribution in [0.15, 0.2) is 174 Å². The number of hydrogen-bond acceptors (Lipinski definition) is 2. The Hall–Kier alpha value is -6.65. The van der Waals surface area contributed by atoms with Crippen molar-refractivity contribution in [3.05, 3.63) is 176 Å². The van der Waals surface area contributed by atoms with E-state index in [2.05, 4.69) is 166 Å². The van der Waals surface area contributed by atoms with E-state index in [0.29, 0.717) is 0 Å². The number of fused-ring (bicyclic) bond motifs is 9.